The molecule has 1 saturated heterocycles. The van der Waals surface area contributed by atoms with Crippen LogP contribution in [0.1, 0.15) is 32.1 Å². The second-order valence-electron chi connectivity index (χ2n) is 14.5. The van der Waals surface area contributed by atoms with Crippen LogP contribution in [0.4, 0.5) is 0 Å². The van der Waals surface area contributed by atoms with Gasteiger partial charge in [-0.3, -0.25) is 0 Å². The van der Waals surface area contributed by atoms with E-state index in [9.17, 15) is 51.1 Å². The van der Waals surface area contributed by atoms with Gasteiger partial charge in [0, 0.05) is 33.0 Å². The number of aliphatic hydroxyl groups is 10. The Hall–Kier alpha value is 0.284. The third-order valence-corrected chi connectivity index (χ3v) is 31.7. The molecule has 0 spiro atoms. The summed E-state index contributed by atoms with van der Waals surface area (Å²) in [6.45, 7) is 9.41. The molecule has 0 atom stereocenters. The fraction of sp³-hybridized carbons (Fsp3) is 1.00. The molecule has 10 N–H and O–H groups in total. The highest BCUT2D eigenvalue weighted by molar-refractivity contribution is 6.94. The first-order valence-electron chi connectivity index (χ1n) is 18.8. The fourth-order valence-corrected chi connectivity index (χ4v) is 35.3. The van der Waals surface area contributed by atoms with Gasteiger partial charge in [0.1, 0.15) is 0 Å². The molecular weight excluding hydrogens is 821 g/mol. The standard InChI is InChI=1S/C30H70O20Si5/c1-51(16-6-11-41-21-26(31)32)46-52(2,17-7-12-42-22-27(33)34)48-54(4,19-9-14-44-24-29(37)38)50-55(5,20-10-15-45-25-30(39)40)49-53(3,47-51)18-8-13-43-23-28(35)36/h26-40H,6-25H2,1-5H3. The minimum Gasteiger partial charge on any atom is -0.416 e. The van der Waals surface area contributed by atoms with E-state index in [0.717, 1.165) is 0 Å². The van der Waals surface area contributed by atoms with Crippen molar-refractivity contribution >= 4 is 42.8 Å². The Bertz CT molecular complexity index is 803. The molecule has 0 saturated carbocycles. The molecular formula is C30H70O20Si5. The number of hydrogen-bond acceptors (Lipinski definition) is 20. The number of rotatable bonds is 30. The van der Waals surface area contributed by atoms with Crippen molar-refractivity contribution in [3.8, 4) is 0 Å². The quantitative estimate of drug-likeness (QED) is 0.0236. The van der Waals surface area contributed by atoms with E-state index in [2.05, 4.69) is 0 Å². The van der Waals surface area contributed by atoms with Gasteiger partial charge in [0.2, 0.25) is 0 Å². The Balaban J connectivity index is 3.67. The van der Waals surface area contributed by atoms with Crippen molar-refractivity contribution in [2.75, 3.05) is 66.1 Å². The summed E-state index contributed by atoms with van der Waals surface area (Å²) >= 11 is 0. The zero-order chi connectivity index (χ0) is 41.6. The van der Waals surface area contributed by atoms with Gasteiger partial charge in [0.05, 0.1) is 33.0 Å². The fourth-order valence-electron chi connectivity index (χ4n) is 6.32. The first-order valence-corrected chi connectivity index (χ1v) is 31.4. The lowest BCUT2D eigenvalue weighted by Gasteiger charge is -2.50. The van der Waals surface area contributed by atoms with Crippen molar-refractivity contribution in [2.45, 2.75) is 127 Å². The van der Waals surface area contributed by atoms with Crippen LogP contribution in [0.2, 0.25) is 63.0 Å². The predicted octanol–water partition coefficient (Wildman–Crippen LogP) is -0.970. The van der Waals surface area contributed by atoms with E-state index in [-0.39, 0.29) is 66.1 Å². The van der Waals surface area contributed by atoms with Crippen molar-refractivity contribution in [2.24, 2.45) is 0 Å². The van der Waals surface area contributed by atoms with Gasteiger partial charge >= 0.3 is 42.8 Å². The third kappa shape index (κ3) is 26.2. The molecule has 0 radical (unpaired) electrons. The van der Waals surface area contributed by atoms with Gasteiger partial charge in [-0.25, -0.2) is 0 Å². The molecule has 1 aliphatic rings. The van der Waals surface area contributed by atoms with Crippen LogP contribution in [0.5, 0.6) is 0 Å². The first kappa shape index (κ1) is 53.3. The monoisotopic (exact) mass is 890 g/mol. The predicted molar refractivity (Wildman–Crippen MR) is 206 cm³/mol. The van der Waals surface area contributed by atoms with E-state index in [0.29, 0.717) is 62.3 Å². The van der Waals surface area contributed by atoms with Crippen LogP contribution in [0.3, 0.4) is 0 Å². The minimum atomic E-state index is -3.28. The number of ether oxygens (including phenoxy) is 5. The van der Waals surface area contributed by atoms with Crippen molar-refractivity contribution in [3.05, 3.63) is 0 Å². The van der Waals surface area contributed by atoms with E-state index < -0.39 is 74.3 Å². The Labute approximate surface area is 330 Å². The highest BCUT2D eigenvalue weighted by atomic mass is 28.5. The van der Waals surface area contributed by atoms with Crippen LogP contribution < -0.4 is 0 Å². The Morgan fingerprint density at radius 1 is 0.309 bits per heavy atom. The molecule has 20 nitrogen and oxygen atoms in total. The summed E-state index contributed by atoms with van der Waals surface area (Å²) in [4.78, 5) is 0. The average Bonchev–Trinajstić information content (AvgIpc) is 3.02. The Morgan fingerprint density at radius 3 is 0.582 bits per heavy atom. The van der Waals surface area contributed by atoms with Gasteiger partial charge in [-0.15, -0.1) is 0 Å². The largest absolute Gasteiger partial charge is 0.416 e. The van der Waals surface area contributed by atoms with Crippen LogP contribution in [-0.4, -0.2) is 191 Å². The van der Waals surface area contributed by atoms with Crippen molar-refractivity contribution in [1.82, 2.24) is 0 Å². The van der Waals surface area contributed by atoms with E-state index >= 15 is 0 Å². The van der Waals surface area contributed by atoms with Crippen LogP contribution in [0.25, 0.3) is 0 Å². The van der Waals surface area contributed by atoms with Gasteiger partial charge in [-0.05, 0) is 95.1 Å². The van der Waals surface area contributed by atoms with Crippen molar-refractivity contribution < 1.29 is 95.3 Å². The molecule has 0 aromatic rings. The van der Waals surface area contributed by atoms with Crippen LogP contribution >= 0.6 is 0 Å². The normalized spacial score (nSPS) is 28.4. The summed E-state index contributed by atoms with van der Waals surface area (Å²) in [6.07, 6.45) is -5.78. The molecule has 0 amide bonds. The summed E-state index contributed by atoms with van der Waals surface area (Å²) in [5, 5.41) is 92.7. The highest BCUT2D eigenvalue weighted by Gasteiger charge is 2.56. The van der Waals surface area contributed by atoms with Crippen LogP contribution in [0.15, 0.2) is 0 Å². The molecule has 0 aromatic carbocycles. The summed E-state index contributed by atoms with van der Waals surface area (Å²) in [5.41, 5.74) is 0. The van der Waals surface area contributed by atoms with Gasteiger partial charge in [0.25, 0.3) is 0 Å². The van der Waals surface area contributed by atoms with Gasteiger partial charge < -0.3 is 95.3 Å². The van der Waals surface area contributed by atoms with Crippen molar-refractivity contribution in [3.63, 3.8) is 0 Å². The Kier molecular flexibility index (Phi) is 26.4. The summed E-state index contributed by atoms with van der Waals surface area (Å²) in [5.74, 6) is 0. The molecule has 0 aromatic heterocycles. The number of aliphatic hydroxyl groups excluding tert-OH is 5. The minimum absolute atomic E-state index is 0.201. The van der Waals surface area contributed by atoms with E-state index in [1.54, 1.807) is 0 Å². The smallest absolute Gasteiger partial charge is 0.317 e. The highest BCUT2D eigenvalue weighted by Crippen LogP contribution is 2.39. The maximum absolute atomic E-state index is 9.27. The second-order valence-corrected chi connectivity index (χ2v) is 32.4. The van der Waals surface area contributed by atoms with E-state index in [1.807, 2.05) is 32.7 Å². The molecule has 0 bridgehead atoms. The van der Waals surface area contributed by atoms with Crippen LogP contribution in [-0.2, 0) is 44.3 Å². The second kappa shape index (κ2) is 27.2. The summed E-state index contributed by atoms with van der Waals surface area (Å²) in [6, 6.07) is 2.15. The SMILES string of the molecule is C[Si]1(CCCOCC(O)O)O[Si](C)(CCCOCC(O)O)O[Si](C)(CCCOCC(O)O)O[Si](C)(CCCOCC(O)O)O[Si](C)(CCCOCC(O)O)O1. The van der Waals surface area contributed by atoms with Gasteiger partial charge in [0.15, 0.2) is 31.5 Å². The zero-order valence-corrected chi connectivity index (χ0v) is 38.1. The third-order valence-electron chi connectivity index (χ3n) is 8.09. The lowest BCUT2D eigenvalue weighted by molar-refractivity contribution is -0.0948. The molecule has 330 valence electrons. The molecule has 25 heteroatoms. The maximum Gasteiger partial charge on any atom is 0.317 e. The van der Waals surface area contributed by atoms with E-state index in [4.69, 9.17) is 44.3 Å². The zero-order valence-electron chi connectivity index (χ0n) is 33.1. The molecule has 1 rings (SSSR count). The molecule has 1 aliphatic heterocycles. The van der Waals surface area contributed by atoms with Gasteiger partial charge in [-0.1, -0.05) is 0 Å². The number of hydrogen-bond donors (Lipinski definition) is 10. The summed E-state index contributed by atoms with van der Waals surface area (Å²) < 4.78 is 63.0. The average molecular weight is 891 g/mol. The molecule has 1 fully saturated rings. The van der Waals surface area contributed by atoms with Crippen LogP contribution in [0, 0.1) is 0 Å². The molecule has 1 heterocycles. The molecule has 55 heavy (non-hydrogen) atoms. The Morgan fingerprint density at radius 2 is 0.455 bits per heavy atom. The molecule has 0 unspecified atom stereocenters. The van der Waals surface area contributed by atoms with Crippen molar-refractivity contribution in [1.29, 1.82) is 0 Å². The van der Waals surface area contributed by atoms with Gasteiger partial charge in [-0.2, -0.15) is 0 Å². The summed E-state index contributed by atoms with van der Waals surface area (Å²) in [7, 11) is -16.4. The topological polar surface area (TPSA) is 295 Å². The maximum atomic E-state index is 9.27. The van der Waals surface area contributed by atoms with E-state index in [1.165, 1.54) is 0 Å². The lowest BCUT2D eigenvalue weighted by Crippen LogP contribution is -2.67. The first-order chi connectivity index (χ1) is 25.6. The molecule has 0 aliphatic carbocycles. The lowest BCUT2D eigenvalue weighted by atomic mass is 10.5.